The van der Waals surface area contributed by atoms with Crippen LogP contribution in [0, 0.1) is 5.82 Å². The number of hydrogen-bond acceptors (Lipinski definition) is 5. The number of esters is 1. The number of benzene rings is 1. The minimum absolute atomic E-state index is 0.296. The van der Waals surface area contributed by atoms with Gasteiger partial charge in [0, 0.05) is 17.4 Å². The van der Waals surface area contributed by atoms with Gasteiger partial charge in [0.2, 0.25) is 5.95 Å². The predicted octanol–water partition coefficient (Wildman–Crippen LogP) is 4.96. The summed E-state index contributed by atoms with van der Waals surface area (Å²) < 4.78 is 18.2. The van der Waals surface area contributed by atoms with Gasteiger partial charge in [-0.15, -0.1) is 0 Å². The highest BCUT2D eigenvalue weighted by Crippen LogP contribution is 2.46. The first-order valence-corrected chi connectivity index (χ1v) is 9.15. The fraction of sp³-hybridized carbons (Fsp3) is 0.421. The molecule has 0 spiro atoms. The summed E-state index contributed by atoms with van der Waals surface area (Å²) in [5.41, 5.74) is 0.718. The normalized spacial score (nSPS) is 14.5. The van der Waals surface area contributed by atoms with Gasteiger partial charge in [0.15, 0.2) is 0 Å². The minimum atomic E-state index is -0.455. The van der Waals surface area contributed by atoms with Crippen LogP contribution in [0.2, 0.25) is 5.02 Å². The van der Waals surface area contributed by atoms with Crippen LogP contribution in [0.1, 0.15) is 56.0 Å². The number of rotatable bonds is 5. The molecular formula is C19H23ClFN3O2. The van der Waals surface area contributed by atoms with Gasteiger partial charge < -0.3 is 10.1 Å². The molecule has 5 nitrogen and oxygen atoms in total. The molecule has 0 saturated heterocycles. The van der Waals surface area contributed by atoms with Crippen molar-refractivity contribution in [3.8, 4) is 0 Å². The van der Waals surface area contributed by atoms with E-state index >= 15 is 0 Å². The zero-order valence-electron chi connectivity index (χ0n) is 15.2. The molecule has 1 aromatic carbocycles. The lowest BCUT2D eigenvalue weighted by Crippen LogP contribution is -2.42. The summed E-state index contributed by atoms with van der Waals surface area (Å²) in [7, 11) is 0. The molecule has 1 aromatic heterocycles. The van der Waals surface area contributed by atoms with E-state index in [0.29, 0.717) is 23.1 Å². The molecule has 0 radical (unpaired) electrons. The van der Waals surface area contributed by atoms with E-state index in [1.807, 2.05) is 13.8 Å². The third-order valence-electron chi connectivity index (χ3n) is 4.17. The minimum Gasteiger partial charge on any atom is -0.462 e. The summed E-state index contributed by atoms with van der Waals surface area (Å²) in [6.07, 6.45) is 5.57. The van der Waals surface area contributed by atoms with Gasteiger partial charge in [0.1, 0.15) is 5.82 Å². The van der Waals surface area contributed by atoms with E-state index in [4.69, 9.17) is 16.3 Å². The second-order valence-corrected chi connectivity index (χ2v) is 6.11. The van der Waals surface area contributed by atoms with Gasteiger partial charge in [-0.25, -0.2) is 19.2 Å². The first-order valence-electron chi connectivity index (χ1n) is 8.77. The van der Waals surface area contributed by atoms with E-state index in [9.17, 15) is 9.18 Å². The molecule has 1 fully saturated rings. The van der Waals surface area contributed by atoms with Gasteiger partial charge in [-0.05, 0) is 43.9 Å². The Hall–Kier alpha value is -2.21. The number of anilines is 1. The second-order valence-electron chi connectivity index (χ2n) is 5.70. The Labute approximate surface area is 158 Å². The van der Waals surface area contributed by atoms with E-state index < -0.39 is 11.5 Å². The molecule has 1 aliphatic rings. The first-order chi connectivity index (χ1) is 12.5. The van der Waals surface area contributed by atoms with Crippen LogP contribution in [-0.4, -0.2) is 22.5 Å². The fourth-order valence-corrected chi connectivity index (χ4v) is 3.14. The Morgan fingerprint density at radius 3 is 2.46 bits per heavy atom. The lowest BCUT2D eigenvalue weighted by molar-refractivity contribution is 0.0525. The molecule has 1 aliphatic carbocycles. The quantitative estimate of drug-likeness (QED) is 0.743. The Balaban J connectivity index is 0.00000117. The molecule has 1 N–H and O–H groups in total. The van der Waals surface area contributed by atoms with Crippen LogP contribution in [0.15, 0.2) is 30.6 Å². The maximum Gasteiger partial charge on any atom is 0.341 e. The molecule has 2 aromatic rings. The Morgan fingerprint density at radius 1 is 1.31 bits per heavy atom. The Kier molecular flexibility index (Phi) is 6.91. The number of nitrogens with zero attached hydrogens (tertiary/aromatic N) is 2. The second kappa shape index (κ2) is 8.94. The van der Waals surface area contributed by atoms with E-state index in [2.05, 4.69) is 15.3 Å². The van der Waals surface area contributed by atoms with Crippen LogP contribution in [0.3, 0.4) is 0 Å². The summed E-state index contributed by atoms with van der Waals surface area (Å²) in [5.74, 6) is -0.430. The van der Waals surface area contributed by atoms with E-state index in [1.165, 1.54) is 24.5 Å². The van der Waals surface area contributed by atoms with Crippen molar-refractivity contribution in [2.75, 3.05) is 11.9 Å². The molecule has 0 bridgehead atoms. The van der Waals surface area contributed by atoms with Gasteiger partial charge in [0.25, 0.3) is 0 Å². The third-order valence-corrected chi connectivity index (χ3v) is 4.48. The zero-order chi connectivity index (χ0) is 19.2. The van der Waals surface area contributed by atoms with E-state index in [-0.39, 0.29) is 5.82 Å². The number of aromatic nitrogens is 2. The highest BCUT2D eigenvalue weighted by atomic mass is 35.5. The summed E-state index contributed by atoms with van der Waals surface area (Å²) in [6.45, 7) is 6.03. The lowest BCUT2D eigenvalue weighted by atomic mass is 9.72. The molecule has 3 rings (SSSR count). The van der Waals surface area contributed by atoms with Crippen molar-refractivity contribution < 1.29 is 13.9 Å². The maximum absolute atomic E-state index is 13.3. The van der Waals surface area contributed by atoms with Crippen LogP contribution in [0.4, 0.5) is 10.3 Å². The standard InChI is InChI=1S/C17H17ClFN3O2.C2H6/c1-2-24-15(23)11-9-20-16(21-10-11)22-17(6-3-7-17)13-5-4-12(19)8-14(13)18;1-2/h4-5,8-10H,2-3,6-7H2,1H3,(H,20,21,22);1-2H3. The molecule has 0 atom stereocenters. The molecule has 7 heteroatoms. The summed E-state index contributed by atoms with van der Waals surface area (Å²) in [6, 6.07) is 4.40. The number of carbonyl (C=O) groups is 1. The zero-order valence-corrected chi connectivity index (χ0v) is 15.9. The Bertz CT molecular complexity index is 749. The van der Waals surface area contributed by atoms with Crippen LogP contribution >= 0.6 is 11.6 Å². The topological polar surface area (TPSA) is 64.1 Å². The number of nitrogens with one attached hydrogen (secondary N) is 1. The molecule has 140 valence electrons. The maximum atomic E-state index is 13.3. The SMILES string of the molecule is CC.CCOC(=O)c1cnc(NC2(c3ccc(F)cc3Cl)CCC2)nc1. The van der Waals surface area contributed by atoms with Crippen LogP contribution in [-0.2, 0) is 10.3 Å². The predicted molar refractivity (Wildman–Crippen MR) is 99.9 cm³/mol. The van der Waals surface area contributed by atoms with Crippen LogP contribution < -0.4 is 5.32 Å². The Morgan fingerprint density at radius 2 is 1.96 bits per heavy atom. The van der Waals surface area contributed by atoms with Crippen molar-refractivity contribution in [3.63, 3.8) is 0 Å². The highest BCUT2D eigenvalue weighted by molar-refractivity contribution is 6.31. The van der Waals surface area contributed by atoms with Gasteiger partial charge in [-0.3, -0.25) is 0 Å². The summed E-state index contributed by atoms with van der Waals surface area (Å²) >= 11 is 6.21. The third kappa shape index (κ3) is 4.30. The van der Waals surface area contributed by atoms with Crippen molar-refractivity contribution >= 4 is 23.5 Å². The molecule has 0 unspecified atom stereocenters. The largest absolute Gasteiger partial charge is 0.462 e. The van der Waals surface area contributed by atoms with Crippen molar-refractivity contribution in [2.24, 2.45) is 0 Å². The fourth-order valence-electron chi connectivity index (χ4n) is 2.80. The van der Waals surface area contributed by atoms with Gasteiger partial charge in [-0.2, -0.15) is 0 Å². The van der Waals surface area contributed by atoms with Crippen molar-refractivity contribution in [1.29, 1.82) is 0 Å². The molecule has 0 amide bonds. The average molecular weight is 380 g/mol. The van der Waals surface area contributed by atoms with E-state index in [0.717, 1.165) is 24.8 Å². The van der Waals surface area contributed by atoms with Crippen molar-refractivity contribution in [1.82, 2.24) is 9.97 Å². The lowest BCUT2D eigenvalue weighted by Gasteiger charge is -2.43. The molecule has 26 heavy (non-hydrogen) atoms. The number of carbonyl (C=O) groups excluding carboxylic acids is 1. The van der Waals surface area contributed by atoms with Gasteiger partial charge >= 0.3 is 5.97 Å². The molecule has 0 aliphatic heterocycles. The van der Waals surface area contributed by atoms with Gasteiger partial charge in [-0.1, -0.05) is 31.5 Å². The highest BCUT2D eigenvalue weighted by Gasteiger charge is 2.40. The van der Waals surface area contributed by atoms with Crippen molar-refractivity contribution in [2.45, 2.75) is 45.6 Å². The van der Waals surface area contributed by atoms with Crippen molar-refractivity contribution in [3.05, 3.63) is 52.6 Å². The number of halogens is 2. The molecular weight excluding hydrogens is 357 g/mol. The summed E-state index contributed by atoms with van der Waals surface area (Å²) in [5, 5.41) is 3.67. The van der Waals surface area contributed by atoms with E-state index in [1.54, 1.807) is 13.0 Å². The van der Waals surface area contributed by atoms with Gasteiger partial charge in [0.05, 0.1) is 17.7 Å². The van der Waals surface area contributed by atoms with Crippen LogP contribution in [0.5, 0.6) is 0 Å². The number of ether oxygens (including phenoxy) is 1. The number of hydrogen-bond donors (Lipinski definition) is 1. The molecule has 1 heterocycles. The molecule has 1 saturated carbocycles. The summed E-state index contributed by atoms with van der Waals surface area (Å²) in [4.78, 5) is 20.0. The monoisotopic (exact) mass is 379 g/mol. The average Bonchev–Trinajstić information content (AvgIpc) is 2.61. The van der Waals surface area contributed by atoms with Crippen LogP contribution in [0.25, 0.3) is 0 Å². The first kappa shape index (κ1) is 20.1. The smallest absolute Gasteiger partial charge is 0.341 e.